The van der Waals surface area contributed by atoms with Gasteiger partial charge in [0.2, 0.25) is 0 Å². The molecular formula is C7H10F4. The lowest BCUT2D eigenvalue weighted by molar-refractivity contribution is -0.187. The topological polar surface area (TPSA) is 0 Å². The van der Waals surface area contributed by atoms with Crippen molar-refractivity contribution in [1.82, 2.24) is 0 Å². The zero-order valence-electron chi connectivity index (χ0n) is 6.37. The van der Waals surface area contributed by atoms with Gasteiger partial charge in [0, 0.05) is 5.41 Å². The maximum Gasteiger partial charge on any atom is 0.392 e. The molecule has 0 aliphatic heterocycles. The van der Waals surface area contributed by atoms with Gasteiger partial charge < -0.3 is 0 Å². The van der Waals surface area contributed by atoms with E-state index in [2.05, 4.69) is 0 Å². The molecule has 0 aromatic carbocycles. The van der Waals surface area contributed by atoms with Crippen molar-refractivity contribution in [3.63, 3.8) is 0 Å². The van der Waals surface area contributed by atoms with Crippen LogP contribution in [0.15, 0.2) is 0 Å². The van der Waals surface area contributed by atoms with E-state index >= 15 is 0 Å². The molecule has 0 saturated heterocycles. The number of alkyl halides is 4. The zero-order chi connectivity index (χ0) is 8.86. The number of rotatable bonds is 1. The molecule has 4 heteroatoms. The van der Waals surface area contributed by atoms with Gasteiger partial charge in [0.25, 0.3) is 0 Å². The molecule has 1 fully saturated rings. The molecule has 3 atom stereocenters. The Labute approximate surface area is 62.6 Å². The van der Waals surface area contributed by atoms with E-state index in [1.807, 2.05) is 0 Å². The third-order valence-electron chi connectivity index (χ3n) is 2.65. The van der Waals surface area contributed by atoms with Crippen LogP contribution >= 0.6 is 0 Å². The summed E-state index contributed by atoms with van der Waals surface area (Å²) in [6.07, 6.45) is -5.47. The highest BCUT2D eigenvalue weighted by molar-refractivity contribution is 5.04. The van der Waals surface area contributed by atoms with Gasteiger partial charge in [-0.15, -0.1) is 0 Å². The Morgan fingerprint density at radius 2 is 1.82 bits per heavy atom. The third kappa shape index (κ3) is 1.35. The van der Waals surface area contributed by atoms with E-state index in [4.69, 9.17) is 0 Å². The second kappa shape index (κ2) is 2.11. The minimum Gasteiger partial charge on any atom is -0.247 e. The molecule has 0 N–H and O–H groups in total. The van der Waals surface area contributed by atoms with E-state index in [1.165, 1.54) is 6.92 Å². The average molecular weight is 170 g/mol. The second-order valence-corrected chi connectivity index (χ2v) is 3.44. The number of hydrogen-bond donors (Lipinski definition) is 0. The Morgan fingerprint density at radius 1 is 1.45 bits per heavy atom. The van der Waals surface area contributed by atoms with Crippen LogP contribution in [0.4, 0.5) is 17.6 Å². The van der Waals surface area contributed by atoms with E-state index in [0.29, 0.717) is 0 Å². The monoisotopic (exact) mass is 170 g/mol. The van der Waals surface area contributed by atoms with Crippen LogP contribution in [0.25, 0.3) is 0 Å². The first kappa shape index (κ1) is 8.81. The Balaban J connectivity index is 2.63. The molecule has 0 heterocycles. The van der Waals surface area contributed by atoms with Gasteiger partial charge in [-0.3, -0.25) is 0 Å². The minimum atomic E-state index is -4.25. The van der Waals surface area contributed by atoms with Crippen molar-refractivity contribution in [2.45, 2.75) is 32.6 Å². The molecule has 1 rings (SSSR count). The fourth-order valence-electron chi connectivity index (χ4n) is 1.15. The Kier molecular flexibility index (Phi) is 1.69. The molecule has 0 aromatic rings. The molecule has 11 heavy (non-hydrogen) atoms. The minimum absolute atomic E-state index is 0.0493. The van der Waals surface area contributed by atoms with Crippen LogP contribution in [0.2, 0.25) is 0 Å². The average Bonchev–Trinajstić information content (AvgIpc) is 2.38. The predicted molar refractivity (Wildman–Crippen MR) is 32.8 cm³/mol. The predicted octanol–water partition coefficient (Wildman–Crippen LogP) is 2.93. The fourth-order valence-corrected chi connectivity index (χ4v) is 1.15. The van der Waals surface area contributed by atoms with Gasteiger partial charge in [-0.1, -0.05) is 13.8 Å². The lowest BCUT2D eigenvalue weighted by Crippen LogP contribution is -2.28. The van der Waals surface area contributed by atoms with E-state index in [1.54, 1.807) is 0 Å². The van der Waals surface area contributed by atoms with Gasteiger partial charge in [0.05, 0.1) is 5.92 Å². The van der Waals surface area contributed by atoms with Crippen LogP contribution in [0.1, 0.15) is 20.3 Å². The molecule has 66 valence electrons. The summed E-state index contributed by atoms with van der Waals surface area (Å²) < 4.78 is 48.4. The summed E-state index contributed by atoms with van der Waals surface area (Å²) in [4.78, 5) is 0. The van der Waals surface area contributed by atoms with Crippen LogP contribution in [-0.4, -0.2) is 12.3 Å². The molecule has 0 aromatic heterocycles. The SMILES string of the molecule is CC(C(F)(F)F)C1(C)CC1F. The molecule has 1 saturated carbocycles. The highest BCUT2D eigenvalue weighted by atomic mass is 19.4. The van der Waals surface area contributed by atoms with E-state index in [-0.39, 0.29) is 6.42 Å². The summed E-state index contributed by atoms with van der Waals surface area (Å²) in [5, 5.41) is 0. The molecule has 0 amide bonds. The van der Waals surface area contributed by atoms with E-state index in [0.717, 1.165) is 6.92 Å². The van der Waals surface area contributed by atoms with Crippen molar-refractivity contribution in [2.24, 2.45) is 11.3 Å². The lowest BCUT2D eigenvalue weighted by atomic mass is 9.92. The summed E-state index contributed by atoms with van der Waals surface area (Å²) in [5.41, 5.74) is -1.14. The molecule has 0 radical (unpaired) electrons. The smallest absolute Gasteiger partial charge is 0.247 e. The van der Waals surface area contributed by atoms with Crippen LogP contribution in [0.5, 0.6) is 0 Å². The van der Waals surface area contributed by atoms with Crippen molar-refractivity contribution in [2.75, 3.05) is 0 Å². The molecule has 0 nitrogen and oxygen atoms in total. The first-order valence-corrected chi connectivity index (χ1v) is 3.49. The Bertz CT molecular complexity index is 162. The fraction of sp³-hybridized carbons (Fsp3) is 1.00. The third-order valence-corrected chi connectivity index (χ3v) is 2.65. The second-order valence-electron chi connectivity index (χ2n) is 3.44. The molecule has 1 aliphatic rings. The zero-order valence-corrected chi connectivity index (χ0v) is 6.37. The van der Waals surface area contributed by atoms with Crippen LogP contribution < -0.4 is 0 Å². The summed E-state index contributed by atoms with van der Waals surface area (Å²) in [7, 11) is 0. The van der Waals surface area contributed by atoms with Gasteiger partial charge in [-0.2, -0.15) is 13.2 Å². The van der Waals surface area contributed by atoms with Crippen molar-refractivity contribution >= 4 is 0 Å². The van der Waals surface area contributed by atoms with Gasteiger partial charge in [0.1, 0.15) is 6.17 Å². The van der Waals surface area contributed by atoms with Gasteiger partial charge >= 0.3 is 6.18 Å². The number of hydrogen-bond acceptors (Lipinski definition) is 0. The molecule has 1 aliphatic carbocycles. The summed E-state index contributed by atoms with van der Waals surface area (Å²) in [6.45, 7) is 2.38. The maximum atomic E-state index is 12.4. The van der Waals surface area contributed by atoms with Crippen LogP contribution in [0, 0.1) is 11.3 Å². The molecule has 0 spiro atoms. The largest absolute Gasteiger partial charge is 0.392 e. The van der Waals surface area contributed by atoms with Gasteiger partial charge in [0.15, 0.2) is 0 Å². The Hall–Kier alpha value is -0.280. The van der Waals surface area contributed by atoms with E-state index < -0.39 is 23.7 Å². The number of halogens is 4. The van der Waals surface area contributed by atoms with E-state index in [9.17, 15) is 17.6 Å². The molecular weight excluding hydrogens is 160 g/mol. The van der Waals surface area contributed by atoms with Gasteiger partial charge in [-0.05, 0) is 6.42 Å². The summed E-state index contributed by atoms with van der Waals surface area (Å²) in [5.74, 6) is -1.52. The van der Waals surface area contributed by atoms with Crippen LogP contribution in [-0.2, 0) is 0 Å². The Morgan fingerprint density at radius 3 is 1.91 bits per heavy atom. The van der Waals surface area contributed by atoms with Crippen molar-refractivity contribution in [3.8, 4) is 0 Å². The standard InChI is InChI=1S/C7H10F4/c1-4(7(9,10)11)6(2)3-5(6)8/h4-5H,3H2,1-2H3. The van der Waals surface area contributed by atoms with Crippen molar-refractivity contribution < 1.29 is 17.6 Å². The molecule has 0 bridgehead atoms. The first-order valence-electron chi connectivity index (χ1n) is 3.49. The quantitative estimate of drug-likeness (QED) is 0.531. The maximum absolute atomic E-state index is 12.4. The van der Waals surface area contributed by atoms with Crippen LogP contribution in [0.3, 0.4) is 0 Å². The van der Waals surface area contributed by atoms with Gasteiger partial charge in [-0.25, -0.2) is 4.39 Å². The lowest BCUT2D eigenvalue weighted by Gasteiger charge is -2.21. The van der Waals surface area contributed by atoms with Crippen molar-refractivity contribution in [3.05, 3.63) is 0 Å². The summed E-state index contributed by atoms with van der Waals surface area (Å²) in [6, 6.07) is 0. The summed E-state index contributed by atoms with van der Waals surface area (Å²) >= 11 is 0. The highest BCUT2D eigenvalue weighted by Gasteiger charge is 2.62. The normalized spacial score (nSPS) is 40.4. The van der Waals surface area contributed by atoms with Crippen molar-refractivity contribution in [1.29, 1.82) is 0 Å². The first-order chi connectivity index (χ1) is 4.78. The highest BCUT2D eigenvalue weighted by Crippen LogP contribution is 2.58. The molecule has 3 unspecified atom stereocenters.